The first-order chi connectivity index (χ1) is 8.75. The molecule has 1 fully saturated rings. The highest BCUT2D eigenvalue weighted by Crippen LogP contribution is 2.19. The Labute approximate surface area is 117 Å². The molecule has 1 aromatic rings. The minimum atomic E-state index is 0.440. The molecule has 0 unspecified atom stereocenters. The van der Waals surface area contributed by atoms with Crippen molar-refractivity contribution >= 4 is 27.6 Å². The molecule has 1 saturated heterocycles. The van der Waals surface area contributed by atoms with Crippen molar-refractivity contribution in [3.05, 3.63) is 10.8 Å². The molecular weight excluding hydrogens is 296 g/mol. The topological polar surface area (TPSA) is 73.1 Å². The third kappa shape index (κ3) is 4.78. The maximum absolute atomic E-state index is 5.72. The van der Waals surface area contributed by atoms with Crippen LogP contribution < -0.4 is 11.1 Å². The van der Waals surface area contributed by atoms with Crippen LogP contribution in [0.15, 0.2) is 10.8 Å². The van der Waals surface area contributed by atoms with Crippen molar-refractivity contribution in [1.82, 2.24) is 9.97 Å². The molecule has 6 heteroatoms. The Bertz CT molecular complexity index is 356. The van der Waals surface area contributed by atoms with Crippen molar-refractivity contribution in [2.24, 2.45) is 5.92 Å². The molecule has 0 atom stereocenters. The van der Waals surface area contributed by atoms with Crippen LogP contribution in [0.2, 0.25) is 0 Å². The quantitative estimate of drug-likeness (QED) is 0.897. The summed E-state index contributed by atoms with van der Waals surface area (Å²) in [6.45, 7) is 6.58. The van der Waals surface area contributed by atoms with Gasteiger partial charge >= 0.3 is 0 Å². The number of aromatic nitrogens is 2. The van der Waals surface area contributed by atoms with Gasteiger partial charge in [-0.1, -0.05) is 13.8 Å². The normalized spacial score (nSPS) is 15.7. The third-order valence-electron chi connectivity index (χ3n) is 2.67. The second kappa shape index (κ2) is 8.26. The molecule has 2 heterocycles. The lowest BCUT2D eigenvalue weighted by atomic mass is 10.0. The van der Waals surface area contributed by atoms with Crippen LogP contribution in [0.3, 0.4) is 0 Å². The number of nitrogens with two attached hydrogens (primary N) is 1. The first kappa shape index (κ1) is 15.2. The lowest BCUT2D eigenvalue weighted by Gasteiger charge is -2.22. The van der Waals surface area contributed by atoms with E-state index in [9.17, 15) is 0 Å². The zero-order chi connectivity index (χ0) is 13.4. The minimum Gasteiger partial charge on any atom is -0.381 e. The van der Waals surface area contributed by atoms with Gasteiger partial charge in [-0.25, -0.2) is 9.97 Å². The summed E-state index contributed by atoms with van der Waals surface area (Å²) in [7, 11) is 0. The monoisotopic (exact) mass is 316 g/mol. The fourth-order valence-electron chi connectivity index (χ4n) is 1.70. The van der Waals surface area contributed by atoms with E-state index in [4.69, 9.17) is 10.5 Å². The molecule has 2 rings (SSSR count). The molecule has 18 heavy (non-hydrogen) atoms. The first-order valence-corrected chi connectivity index (χ1v) is 7.14. The van der Waals surface area contributed by atoms with Gasteiger partial charge in [-0.05, 0) is 34.7 Å². The summed E-state index contributed by atoms with van der Waals surface area (Å²) in [4.78, 5) is 8.27. The van der Waals surface area contributed by atoms with Gasteiger partial charge in [0.1, 0.15) is 4.60 Å². The van der Waals surface area contributed by atoms with Gasteiger partial charge in [0.05, 0.1) is 6.20 Å². The van der Waals surface area contributed by atoms with E-state index in [2.05, 4.69) is 31.2 Å². The van der Waals surface area contributed by atoms with E-state index >= 15 is 0 Å². The summed E-state index contributed by atoms with van der Waals surface area (Å²) in [6.07, 6.45) is 3.78. The lowest BCUT2D eigenvalue weighted by Crippen LogP contribution is -2.23. The zero-order valence-corrected chi connectivity index (χ0v) is 12.5. The SMILES string of the molecule is CC.Nc1ncc(Br)nc1NCC1CCOCC1. The molecule has 0 amide bonds. The molecular formula is C12H21BrN4O. The number of anilines is 2. The second-order valence-corrected chi connectivity index (χ2v) is 4.68. The molecule has 0 aliphatic carbocycles. The Morgan fingerprint density at radius 1 is 1.44 bits per heavy atom. The van der Waals surface area contributed by atoms with Gasteiger partial charge in [-0.2, -0.15) is 0 Å². The summed E-state index contributed by atoms with van der Waals surface area (Å²) in [5.41, 5.74) is 5.72. The van der Waals surface area contributed by atoms with E-state index in [0.717, 1.165) is 32.6 Å². The van der Waals surface area contributed by atoms with Crippen molar-refractivity contribution in [2.45, 2.75) is 26.7 Å². The molecule has 0 radical (unpaired) electrons. The van der Waals surface area contributed by atoms with Gasteiger partial charge in [-0.15, -0.1) is 0 Å². The summed E-state index contributed by atoms with van der Waals surface area (Å²) < 4.78 is 6.00. The molecule has 0 aromatic carbocycles. The molecule has 3 N–H and O–H groups in total. The molecule has 1 aliphatic rings. The van der Waals surface area contributed by atoms with Gasteiger partial charge in [-0.3, -0.25) is 0 Å². The maximum atomic E-state index is 5.72. The van der Waals surface area contributed by atoms with Gasteiger partial charge in [0.25, 0.3) is 0 Å². The van der Waals surface area contributed by atoms with E-state index in [-0.39, 0.29) is 0 Å². The Morgan fingerprint density at radius 3 is 2.78 bits per heavy atom. The standard InChI is InChI=1S/C10H15BrN4O.C2H6/c11-8-6-13-9(12)10(15-8)14-5-7-1-3-16-4-2-7;1-2/h6-7H,1-5H2,(H2,12,13)(H,14,15);1-2H3. The van der Waals surface area contributed by atoms with E-state index in [1.54, 1.807) is 6.20 Å². The number of ether oxygens (including phenoxy) is 1. The Morgan fingerprint density at radius 2 is 2.11 bits per heavy atom. The van der Waals surface area contributed by atoms with Crippen LogP contribution in [0.1, 0.15) is 26.7 Å². The fraction of sp³-hybridized carbons (Fsp3) is 0.667. The number of hydrogen-bond donors (Lipinski definition) is 2. The van der Waals surface area contributed by atoms with Crippen LogP contribution in [0.4, 0.5) is 11.6 Å². The van der Waals surface area contributed by atoms with Gasteiger partial charge in [0.2, 0.25) is 0 Å². The van der Waals surface area contributed by atoms with Crippen molar-refractivity contribution in [1.29, 1.82) is 0 Å². The maximum Gasteiger partial charge on any atom is 0.170 e. The fourth-order valence-corrected chi connectivity index (χ4v) is 1.98. The second-order valence-electron chi connectivity index (χ2n) is 3.86. The van der Waals surface area contributed by atoms with Crippen LogP contribution in [0.5, 0.6) is 0 Å². The van der Waals surface area contributed by atoms with Gasteiger partial charge in [0, 0.05) is 19.8 Å². The number of halogens is 1. The summed E-state index contributed by atoms with van der Waals surface area (Å²) in [5.74, 6) is 1.73. The summed E-state index contributed by atoms with van der Waals surface area (Å²) >= 11 is 3.27. The predicted octanol–water partition coefficient (Wildman–Crippen LogP) is 2.69. The highest BCUT2D eigenvalue weighted by Gasteiger charge is 2.14. The van der Waals surface area contributed by atoms with Crippen LogP contribution >= 0.6 is 15.9 Å². The predicted molar refractivity (Wildman–Crippen MR) is 77.5 cm³/mol. The Balaban J connectivity index is 0.000000771. The van der Waals surface area contributed by atoms with Crippen molar-refractivity contribution in [3.63, 3.8) is 0 Å². The molecule has 0 bridgehead atoms. The van der Waals surface area contributed by atoms with Crippen LogP contribution in [0.25, 0.3) is 0 Å². The molecule has 1 aliphatic heterocycles. The summed E-state index contributed by atoms with van der Waals surface area (Å²) in [5, 5.41) is 3.24. The molecule has 102 valence electrons. The number of hydrogen-bond acceptors (Lipinski definition) is 5. The highest BCUT2D eigenvalue weighted by molar-refractivity contribution is 9.10. The molecule has 0 saturated carbocycles. The zero-order valence-electron chi connectivity index (χ0n) is 10.9. The van der Waals surface area contributed by atoms with E-state index in [1.165, 1.54) is 0 Å². The van der Waals surface area contributed by atoms with E-state index in [1.807, 2.05) is 13.8 Å². The lowest BCUT2D eigenvalue weighted by molar-refractivity contribution is 0.0699. The Hall–Kier alpha value is -0.880. The van der Waals surface area contributed by atoms with Crippen molar-refractivity contribution in [3.8, 4) is 0 Å². The third-order valence-corrected chi connectivity index (χ3v) is 3.05. The first-order valence-electron chi connectivity index (χ1n) is 6.35. The molecule has 1 aromatic heterocycles. The number of nitrogen functional groups attached to an aromatic ring is 1. The van der Waals surface area contributed by atoms with E-state index in [0.29, 0.717) is 22.2 Å². The summed E-state index contributed by atoms with van der Waals surface area (Å²) in [6, 6.07) is 0. The van der Waals surface area contributed by atoms with Crippen LogP contribution in [-0.2, 0) is 4.74 Å². The van der Waals surface area contributed by atoms with E-state index < -0.39 is 0 Å². The number of nitrogens with zero attached hydrogens (tertiary/aromatic N) is 2. The van der Waals surface area contributed by atoms with Gasteiger partial charge < -0.3 is 15.8 Å². The van der Waals surface area contributed by atoms with Crippen LogP contribution in [0, 0.1) is 5.92 Å². The smallest absolute Gasteiger partial charge is 0.170 e. The number of rotatable bonds is 3. The van der Waals surface area contributed by atoms with Gasteiger partial charge in [0.15, 0.2) is 11.6 Å². The van der Waals surface area contributed by atoms with Crippen molar-refractivity contribution in [2.75, 3.05) is 30.8 Å². The highest BCUT2D eigenvalue weighted by atomic mass is 79.9. The Kier molecular flexibility index (Phi) is 6.97. The number of nitrogens with one attached hydrogen (secondary N) is 1. The largest absolute Gasteiger partial charge is 0.381 e. The average Bonchev–Trinajstić information content (AvgIpc) is 2.43. The molecule has 5 nitrogen and oxygen atoms in total. The van der Waals surface area contributed by atoms with Crippen molar-refractivity contribution < 1.29 is 4.74 Å². The minimum absolute atomic E-state index is 0.440. The van der Waals surface area contributed by atoms with Crippen LogP contribution in [-0.4, -0.2) is 29.7 Å². The molecule has 0 spiro atoms. The average molecular weight is 317 g/mol.